The van der Waals surface area contributed by atoms with Crippen LogP contribution in [0, 0.1) is 6.92 Å². The minimum Gasteiger partial charge on any atom is -0.472 e. The third-order valence-electron chi connectivity index (χ3n) is 1.94. The van der Waals surface area contributed by atoms with Crippen LogP contribution < -0.4 is 5.32 Å². The van der Waals surface area contributed by atoms with Gasteiger partial charge in [0.2, 0.25) is 0 Å². The van der Waals surface area contributed by atoms with Crippen molar-refractivity contribution < 1.29 is 4.42 Å². The summed E-state index contributed by atoms with van der Waals surface area (Å²) in [4.78, 5) is 4.33. The quantitative estimate of drug-likeness (QED) is 0.804. The molecule has 0 saturated heterocycles. The van der Waals surface area contributed by atoms with E-state index in [0.717, 1.165) is 23.6 Å². The molecule has 3 nitrogen and oxygen atoms in total. The molecule has 0 aliphatic carbocycles. The van der Waals surface area contributed by atoms with Gasteiger partial charge in [-0.05, 0) is 25.1 Å². The van der Waals surface area contributed by atoms with Gasteiger partial charge in [0.15, 0.2) is 0 Å². The lowest BCUT2D eigenvalue weighted by Crippen LogP contribution is -2.00. The van der Waals surface area contributed by atoms with E-state index < -0.39 is 0 Å². The largest absolute Gasteiger partial charge is 0.472 e. The lowest BCUT2D eigenvalue weighted by Gasteiger charge is -2.03. The summed E-state index contributed by atoms with van der Waals surface area (Å²) in [6, 6.07) is 7.85. The van der Waals surface area contributed by atoms with E-state index in [0.29, 0.717) is 0 Å². The monoisotopic (exact) mass is 188 g/mol. The van der Waals surface area contributed by atoms with Crippen molar-refractivity contribution in [3.05, 3.63) is 48.0 Å². The number of rotatable bonds is 3. The van der Waals surface area contributed by atoms with Gasteiger partial charge in [0.25, 0.3) is 0 Å². The van der Waals surface area contributed by atoms with Gasteiger partial charge in [0.05, 0.1) is 12.5 Å². The first-order valence-electron chi connectivity index (χ1n) is 4.53. The van der Waals surface area contributed by atoms with E-state index in [1.54, 1.807) is 12.5 Å². The van der Waals surface area contributed by atoms with Gasteiger partial charge in [-0.25, -0.2) is 4.98 Å². The summed E-state index contributed by atoms with van der Waals surface area (Å²) in [7, 11) is 0. The van der Waals surface area contributed by atoms with Crippen LogP contribution in [0.5, 0.6) is 0 Å². The maximum absolute atomic E-state index is 4.97. The summed E-state index contributed by atoms with van der Waals surface area (Å²) in [5.74, 6) is 0.895. The summed E-state index contributed by atoms with van der Waals surface area (Å²) < 4.78 is 4.97. The molecule has 0 saturated carbocycles. The van der Waals surface area contributed by atoms with E-state index in [-0.39, 0.29) is 0 Å². The number of pyridine rings is 1. The van der Waals surface area contributed by atoms with E-state index in [4.69, 9.17) is 4.42 Å². The van der Waals surface area contributed by atoms with E-state index in [1.807, 2.05) is 31.2 Å². The number of aromatic nitrogens is 1. The van der Waals surface area contributed by atoms with E-state index in [9.17, 15) is 0 Å². The van der Waals surface area contributed by atoms with E-state index in [1.165, 1.54) is 0 Å². The highest BCUT2D eigenvalue weighted by Gasteiger charge is 1.95. The van der Waals surface area contributed by atoms with Gasteiger partial charge in [-0.2, -0.15) is 0 Å². The number of nitrogens with zero attached hydrogens (tertiary/aromatic N) is 1. The summed E-state index contributed by atoms with van der Waals surface area (Å²) in [5, 5.41) is 3.22. The molecule has 2 aromatic rings. The average molecular weight is 188 g/mol. The topological polar surface area (TPSA) is 38.1 Å². The van der Waals surface area contributed by atoms with Crippen LogP contribution in [0.15, 0.2) is 41.2 Å². The third kappa shape index (κ3) is 2.13. The summed E-state index contributed by atoms with van der Waals surface area (Å²) >= 11 is 0. The Balaban J connectivity index is 1.98. The van der Waals surface area contributed by atoms with Crippen molar-refractivity contribution in [2.75, 3.05) is 5.32 Å². The molecule has 0 atom stereocenters. The maximum Gasteiger partial charge on any atom is 0.126 e. The zero-order chi connectivity index (χ0) is 9.80. The average Bonchev–Trinajstić information content (AvgIpc) is 2.67. The van der Waals surface area contributed by atoms with Crippen molar-refractivity contribution in [3.63, 3.8) is 0 Å². The molecule has 0 amide bonds. The smallest absolute Gasteiger partial charge is 0.126 e. The number of hydrogen-bond donors (Lipinski definition) is 1. The third-order valence-corrected chi connectivity index (χ3v) is 1.94. The number of hydrogen-bond acceptors (Lipinski definition) is 3. The van der Waals surface area contributed by atoms with Crippen LogP contribution >= 0.6 is 0 Å². The number of furan rings is 1. The van der Waals surface area contributed by atoms with Crippen LogP contribution in [-0.2, 0) is 6.54 Å². The maximum atomic E-state index is 4.97. The van der Waals surface area contributed by atoms with Gasteiger partial charge in [-0.15, -0.1) is 0 Å². The highest BCUT2D eigenvalue weighted by atomic mass is 16.3. The standard InChI is InChI=1S/C11H12N2O/c1-9-3-2-4-11(13-9)12-7-10-5-6-14-8-10/h2-6,8H,7H2,1H3,(H,12,13). The van der Waals surface area contributed by atoms with Crippen molar-refractivity contribution in [3.8, 4) is 0 Å². The molecule has 0 radical (unpaired) electrons. The lowest BCUT2D eigenvalue weighted by atomic mass is 10.3. The Morgan fingerprint density at radius 1 is 1.36 bits per heavy atom. The van der Waals surface area contributed by atoms with Crippen molar-refractivity contribution >= 4 is 5.82 Å². The minimum absolute atomic E-state index is 0.743. The van der Waals surface area contributed by atoms with Crippen molar-refractivity contribution in [2.24, 2.45) is 0 Å². The predicted octanol–water partition coefficient (Wildman–Crippen LogP) is 2.60. The van der Waals surface area contributed by atoms with Crippen LogP contribution in [0.2, 0.25) is 0 Å². The predicted molar refractivity (Wildman–Crippen MR) is 55.0 cm³/mol. The first-order valence-corrected chi connectivity index (χ1v) is 4.53. The molecule has 0 aromatic carbocycles. The molecule has 0 bridgehead atoms. The Morgan fingerprint density at radius 3 is 3.00 bits per heavy atom. The van der Waals surface area contributed by atoms with Gasteiger partial charge in [-0.1, -0.05) is 6.07 Å². The van der Waals surface area contributed by atoms with Crippen LogP contribution in [0.4, 0.5) is 5.82 Å². The molecule has 0 fully saturated rings. The van der Waals surface area contributed by atoms with Crippen molar-refractivity contribution in [2.45, 2.75) is 13.5 Å². The minimum atomic E-state index is 0.743. The zero-order valence-corrected chi connectivity index (χ0v) is 8.03. The number of aryl methyl sites for hydroxylation is 1. The molecule has 2 heterocycles. The Morgan fingerprint density at radius 2 is 2.29 bits per heavy atom. The Hall–Kier alpha value is -1.77. The van der Waals surface area contributed by atoms with Gasteiger partial charge in [-0.3, -0.25) is 0 Å². The van der Waals surface area contributed by atoms with E-state index in [2.05, 4.69) is 10.3 Å². The normalized spacial score (nSPS) is 10.1. The molecule has 2 rings (SSSR count). The van der Waals surface area contributed by atoms with Crippen LogP contribution in [0.3, 0.4) is 0 Å². The van der Waals surface area contributed by atoms with Crippen molar-refractivity contribution in [1.29, 1.82) is 0 Å². The van der Waals surface area contributed by atoms with Crippen molar-refractivity contribution in [1.82, 2.24) is 4.98 Å². The van der Waals surface area contributed by atoms with Crippen LogP contribution in [0.25, 0.3) is 0 Å². The molecule has 0 spiro atoms. The fraction of sp³-hybridized carbons (Fsp3) is 0.182. The highest BCUT2D eigenvalue weighted by Crippen LogP contribution is 2.07. The molecule has 0 unspecified atom stereocenters. The molecule has 0 aliphatic rings. The molecule has 0 aliphatic heterocycles. The Bertz CT molecular complexity index is 395. The van der Waals surface area contributed by atoms with Gasteiger partial charge in [0, 0.05) is 17.8 Å². The zero-order valence-electron chi connectivity index (χ0n) is 8.03. The van der Waals surface area contributed by atoms with Gasteiger partial charge in [0.1, 0.15) is 5.82 Å². The first-order chi connectivity index (χ1) is 6.84. The second-order valence-electron chi connectivity index (χ2n) is 3.15. The Kier molecular flexibility index (Phi) is 2.49. The SMILES string of the molecule is Cc1cccc(NCc2ccoc2)n1. The van der Waals surface area contributed by atoms with Gasteiger partial charge >= 0.3 is 0 Å². The lowest BCUT2D eigenvalue weighted by molar-refractivity contribution is 0.564. The first kappa shape index (κ1) is 8.81. The van der Waals surface area contributed by atoms with Gasteiger partial charge < -0.3 is 9.73 Å². The second-order valence-corrected chi connectivity index (χ2v) is 3.15. The Labute approximate surface area is 82.8 Å². The number of anilines is 1. The second kappa shape index (κ2) is 3.96. The molecule has 2 aromatic heterocycles. The molecule has 1 N–H and O–H groups in total. The van der Waals surface area contributed by atoms with Crippen LogP contribution in [0.1, 0.15) is 11.3 Å². The molecular formula is C11H12N2O. The summed E-state index contributed by atoms with van der Waals surface area (Å²) in [5.41, 5.74) is 2.13. The summed E-state index contributed by atoms with van der Waals surface area (Å²) in [6.45, 7) is 2.72. The van der Waals surface area contributed by atoms with Crippen LogP contribution in [-0.4, -0.2) is 4.98 Å². The number of nitrogens with one attached hydrogen (secondary N) is 1. The fourth-order valence-corrected chi connectivity index (χ4v) is 1.23. The van der Waals surface area contributed by atoms with E-state index >= 15 is 0 Å². The highest BCUT2D eigenvalue weighted by molar-refractivity contribution is 5.35. The molecular weight excluding hydrogens is 176 g/mol. The summed E-state index contributed by atoms with van der Waals surface area (Å²) in [6.07, 6.45) is 3.39. The molecule has 72 valence electrons. The fourth-order valence-electron chi connectivity index (χ4n) is 1.23. The molecule has 3 heteroatoms. The molecule has 14 heavy (non-hydrogen) atoms.